The molecule has 1 unspecified atom stereocenters. The minimum absolute atomic E-state index is 0. The molecule has 0 saturated heterocycles. The van der Waals surface area contributed by atoms with Crippen LogP contribution in [0, 0.1) is 6.92 Å². The number of hydrogen-bond acceptors (Lipinski definition) is 3. The first kappa shape index (κ1) is 18.6. The summed E-state index contributed by atoms with van der Waals surface area (Å²) in [5.41, 5.74) is 8.68. The van der Waals surface area contributed by atoms with Gasteiger partial charge in [-0.05, 0) is 23.6 Å². The summed E-state index contributed by atoms with van der Waals surface area (Å²) < 4.78 is 26.8. The molecule has 0 aliphatic rings. The van der Waals surface area contributed by atoms with E-state index in [1.807, 2.05) is 61.5 Å². The zero-order valence-corrected chi connectivity index (χ0v) is 14.0. The van der Waals surface area contributed by atoms with E-state index in [9.17, 15) is 8.42 Å². The molecule has 4 nitrogen and oxygen atoms in total. The van der Waals surface area contributed by atoms with Gasteiger partial charge in [-0.1, -0.05) is 54.6 Å². The van der Waals surface area contributed by atoms with E-state index in [0.717, 1.165) is 16.7 Å². The van der Waals surface area contributed by atoms with E-state index in [1.165, 1.54) is 0 Å². The maximum Gasteiger partial charge on any atom is 0.215 e. The molecular formula is C16H21ClN2O2S. The molecule has 0 amide bonds. The van der Waals surface area contributed by atoms with Gasteiger partial charge in [-0.2, -0.15) is 0 Å². The third-order valence-corrected chi connectivity index (χ3v) is 4.66. The first-order valence-corrected chi connectivity index (χ1v) is 8.45. The first-order valence-electron chi connectivity index (χ1n) is 6.80. The highest BCUT2D eigenvalue weighted by atomic mass is 35.5. The van der Waals surface area contributed by atoms with Gasteiger partial charge in [0, 0.05) is 12.6 Å². The smallest absolute Gasteiger partial charge is 0.215 e. The lowest BCUT2D eigenvalue weighted by Gasteiger charge is -2.14. The molecule has 120 valence electrons. The molecule has 0 bridgehead atoms. The molecule has 0 spiro atoms. The number of rotatable bonds is 6. The predicted molar refractivity (Wildman–Crippen MR) is 92.4 cm³/mol. The van der Waals surface area contributed by atoms with Crippen LogP contribution >= 0.6 is 12.4 Å². The minimum atomic E-state index is -3.39. The van der Waals surface area contributed by atoms with Gasteiger partial charge in [0.15, 0.2) is 0 Å². The highest BCUT2D eigenvalue weighted by Crippen LogP contribution is 2.12. The van der Waals surface area contributed by atoms with Crippen LogP contribution in [-0.4, -0.2) is 15.0 Å². The molecule has 0 aliphatic heterocycles. The van der Waals surface area contributed by atoms with Crippen molar-refractivity contribution in [3.63, 3.8) is 0 Å². The monoisotopic (exact) mass is 340 g/mol. The second-order valence-electron chi connectivity index (χ2n) is 5.05. The molecule has 1 atom stereocenters. The third-order valence-electron chi connectivity index (χ3n) is 3.36. The molecular weight excluding hydrogens is 320 g/mol. The van der Waals surface area contributed by atoms with Crippen LogP contribution < -0.4 is 10.5 Å². The van der Waals surface area contributed by atoms with E-state index in [1.54, 1.807) is 0 Å². The average Bonchev–Trinajstić information content (AvgIpc) is 2.48. The van der Waals surface area contributed by atoms with Crippen molar-refractivity contribution in [1.29, 1.82) is 0 Å². The van der Waals surface area contributed by atoms with Crippen molar-refractivity contribution in [2.75, 3.05) is 6.54 Å². The van der Waals surface area contributed by atoms with Crippen LogP contribution in [0.25, 0.3) is 0 Å². The highest BCUT2D eigenvalue weighted by molar-refractivity contribution is 7.88. The molecule has 0 radical (unpaired) electrons. The fraction of sp³-hybridized carbons (Fsp3) is 0.250. The Kier molecular flexibility index (Phi) is 7.03. The van der Waals surface area contributed by atoms with Crippen molar-refractivity contribution in [3.8, 4) is 0 Å². The van der Waals surface area contributed by atoms with Crippen LogP contribution in [0.1, 0.15) is 22.7 Å². The summed E-state index contributed by atoms with van der Waals surface area (Å²) in [4.78, 5) is 0. The molecule has 0 saturated carbocycles. The number of sulfonamides is 1. The van der Waals surface area contributed by atoms with Crippen LogP contribution in [0.2, 0.25) is 0 Å². The zero-order chi connectivity index (χ0) is 15.3. The van der Waals surface area contributed by atoms with Gasteiger partial charge in [-0.25, -0.2) is 13.1 Å². The van der Waals surface area contributed by atoms with E-state index < -0.39 is 10.0 Å². The van der Waals surface area contributed by atoms with Crippen molar-refractivity contribution < 1.29 is 8.42 Å². The fourth-order valence-corrected chi connectivity index (χ4v) is 3.33. The quantitative estimate of drug-likeness (QED) is 0.848. The second kappa shape index (κ2) is 8.29. The van der Waals surface area contributed by atoms with E-state index in [0.29, 0.717) is 0 Å². The van der Waals surface area contributed by atoms with Gasteiger partial charge < -0.3 is 5.73 Å². The van der Waals surface area contributed by atoms with Gasteiger partial charge in [-0.3, -0.25) is 0 Å². The first-order chi connectivity index (χ1) is 9.98. The Bertz CT molecular complexity index is 690. The molecule has 0 fully saturated rings. The predicted octanol–water partition coefficient (Wildman–Crippen LogP) is 2.54. The van der Waals surface area contributed by atoms with Gasteiger partial charge in [0.2, 0.25) is 10.0 Å². The molecule has 6 heteroatoms. The van der Waals surface area contributed by atoms with Gasteiger partial charge in [0.25, 0.3) is 0 Å². The lowest BCUT2D eigenvalue weighted by atomic mass is 10.1. The van der Waals surface area contributed by atoms with Crippen LogP contribution in [0.5, 0.6) is 0 Å². The van der Waals surface area contributed by atoms with E-state index in [-0.39, 0.29) is 30.7 Å². The Labute approximate surface area is 138 Å². The molecule has 0 aromatic heterocycles. The Morgan fingerprint density at radius 1 is 1.05 bits per heavy atom. The Morgan fingerprint density at radius 3 is 2.27 bits per heavy atom. The summed E-state index contributed by atoms with van der Waals surface area (Å²) in [6.07, 6.45) is 0. The van der Waals surface area contributed by atoms with Crippen molar-refractivity contribution >= 4 is 22.4 Å². The molecule has 0 aliphatic carbocycles. The topological polar surface area (TPSA) is 72.2 Å². The van der Waals surface area contributed by atoms with Crippen molar-refractivity contribution in [1.82, 2.24) is 4.72 Å². The van der Waals surface area contributed by atoms with Crippen molar-refractivity contribution in [2.45, 2.75) is 18.7 Å². The van der Waals surface area contributed by atoms with Crippen LogP contribution in [-0.2, 0) is 15.8 Å². The maximum absolute atomic E-state index is 12.1. The lowest BCUT2D eigenvalue weighted by Crippen LogP contribution is -2.32. The summed E-state index contributed by atoms with van der Waals surface area (Å²) in [5.74, 6) is -0.0266. The van der Waals surface area contributed by atoms with Gasteiger partial charge >= 0.3 is 0 Å². The standard InChI is InChI=1S/C16H20N2O2S.ClH/c1-13-7-5-6-10-15(13)12-21(19,20)18-11-16(17)14-8-3-2-4-9-14;/h2-10,16,18H,11-12,17H2,1H3;1H. The average molecular weight is 341 g/mol. The summed E-state index contributed by atoms with van der Waals surface area (Å²) in [7, 11) is -3.39. The summed E-state index contributed by atoms with van der Waals surface area (Å²) in [6.45, 7) is 2.10. The number of halogens is 1. The Balaban J connectivity index is 0.00000242. The van der Waals surface area contributed by atoms with Crippen molar-refractivity contribution in [3.05, 3.63) is 71.3 Å². The molecule has 2 aromatic carbocycles. The van der Waals surface area contributed by atoms with Crippen LogP contribution in [0.3, 0.4) is 0 Å². The number of benzene rings is 2. The molecule has 0 heterocycles. The number of aryl methyl sites for hydroxylation is 1. The fourth-order valence-electron chi connectivity index (χ4n) is 2.06. The molecule has 3 N–H and O–H groups in total. The molecule has 22 heavy (non-hydrogen) atoms. The van der Waals surface area contributed by atoms with Gasteiger partial charge in [0.05, 0.1) is 5.75 Å². The Hall–Kier alpha value is -1.40. The molecule has 2 aromatic rings. The number of nitrogens with two attached hydrogens (primary N) is 1. The van der Waals surface area contributed by atoms with Gasteiger partial charge in [0.1, 0.15) is 0 Å². The molecule has 2 rings (SSSR count). The summed E-state index contributed by atoms with van der Waals surface area (Å²) in [5, 5.41) is 0. The normalized spacial score (nSPS) is 12.5. The summed E-state index contributed by atoms with van der Waals surface area (Å²) in [6, 6.07) is 16.6. The van der Waals surface area contributed by atoms with E-state index in [2.05, 4.69) is 4.72 Å². The maximum atomic E-state index is 12.1. The zero-order valence-electron chi connectivity index (χ0n) is 12.4. The lowest BCUT2D eigenvalue weighted by molar-refractivity contribution is 0.571. The largest absolute Gasteiger partial charge is 0.323 e. The van der Waals surface area contributed by atoms with Crippen LogP contribution in [0.15, 0.2) is 54.6 Å². The van der Waals surface area contributed by atoms with E-state index in [4.69, 9.17) is 5.73 Å². The number of nitrogens with one attached hydrogen (secondary N) is 1. The van der Waals surface area contributed by atoms with Gasteiger partial charge in [-0.15, -0.1) is 12.4 Å². The Morgan fingerprint density at radius 2 is 1.64 bits per heavy atom. The van der Waals surface area contributed by atoms with E-state index >= 15 is 0 Å². The number of hydrogen-bond donors (Lipinski definition) is 2. The second-order valence-corrected chi connectivity index (χ2v) is 6.86. The SMILES string of the molecule is Cc1ccccc1CS(=O)(=O)NCC(N)c1ccccc1.Cl. The third kappa shape index (κ3) is 5.42. The highest BCUT2D eigenvalue weighted by Gasteiger charge is 2.15. The van der Waals surface area contributed by atoms with Crippen molar-refractivity contribution in [2.24, 2.45) is 5.73 Å². The van der Waals surface area contributed by atoms with Crippen LogP contribution in [0.4, 0.5) is 0 Å². The minimum Gasteiger partial charge on any atom is -0.323 e. The summed E-state index contributed by atoms with van der Waals surface area (Å²) >= 11 is 0.